The molecule has 2 aromatic carbocycles. The first-order valence-corrected chi connectivity index (χ1v) is 19.1. The first-order valence-electron chi connectivity index (χ1n) is 17.6. The number of hydrogen-bond acceptors (Lipinski definition) is 13. The molecule has 2 aromatic heterocycles. The lowest BCUT2D eigenvalue weighted by Crippen LogP contribution is -2.50. The van der Waals surface area contributed by atoms with E-state index in [0.29, 0.717) is 0 Å². The number of aryl methyl sites for hydroxylation is 1. The minimum Gasteiger partial charge on any atom is -0.471 e. The van der Waals surface area contributed by atoms with Crippen molar-refractivity contribution >= 4 is 51.1 Å². The summed E-state index contributed by atoms with van der Waals surface area (Å²) in [5, 5.41) is 2.61. The topological polar surface area (TPSA) is 248 Å². The van der Waals surface area contributed by atoms with E-state index in [2.05, 4.69) is 36.6 Å². The van der Waals surface area contributed by atoms with Gasteiger partial charge in [-0.25, -0.2) is 27.7 Å². The zero-order chi connectivity index (χ0) is 40.9. The summed E-state index contributed by atoms with van der Waals surface area (Å²) in [5.41, 5.74) is 13.4. The van der Waals surface area contributed by atoms with Gasteiger partial charge >= 0.3 is 12.1 Å². The van der Waals surface area contributed by atoms with Crippen LogP contribution in [0.2, 0.25) is 0 Å². The zero-order valence-electron chi connectivity index (χ0n) is 31.8. The third kappa shape index (κ3) is 12.7. The van der Waals surface area contributed by atoms with Crippen LogP contribution in [0.3, 0.4) is 0 Å². The van der Waals surface area contributed by atoms with Crippen molar-refractivity contribution in [3.05, 3.63) is 84.7 Å². The van der Waals surface area contributed by atoms with Crippen LogP contribution in [0.1, 0.15) is 44.7 Å². The number of ether oxygens (including phenoxy) is 3. The number of rotatable bonds is 18. The van der Waals surface area contributed by atoms with Crippen LogP contribution in [0.4, 0.5) is 10.7 Å². The Bertz CT molecular complexity index is 2120. The van der Waals surface area contributed by atoms with E-state index in [0.717, 1.165) is 11.1 Å². The molecule has 0 fully saturated rings. The Balaban J connectivity index is 1.55. The van der Waals surface area contributed by atoms with E-state index in [9.17, 15) is 22.8 Å². The number of nitrogen functional groups attached to an aromatic ring is 1. The minimum atomic E-state index is -3.99. The number of alkyl carbamates (subject to hydrolysis) is 1. The molecule has 2 amide bonds. The number of anilines is 1. The highest BCUT2D eigenvalue weighted by Crippen LogP contribution is 2.23. The van der Waals surface area contributed by atoms with Gasteiger partial charge in [-0.3, -0.25) is 9.79 Å². The van der Waals surface area contributed by atoms with Crippen molar-refractivity contribution in [3.8, 4) is 5.88 Å². The van der Waals surface area contributed by atoms with Gasteiger partial charge in [-0.15, -0.1) is 0 Å². The maximum atomic E-state index is 14.2. The predicted molar refractivity (Wildman–Crippen MR) is 209 cm³/mol. The molecule has 2 heterocycles. The van der Waals surface area contributed by atoms with Gasteiger partial charge in [0, 0.05) is 19.6 Å². The standard InChI is InChI=1S/C37H48N10O8S/c1-6-21-53-33(49)28(13-10-18-40-34(38)45-56(51,52)27-16-14-25(2)15-17-27)47(20-19-41-36(50)55-37(3,4)5)29(48)22-46-24-42-30-31(46)43-35(39)44-32(30)54-23-26-11-8-7-9-12-26/h6-9,11-12,14-17,24,28H,1,10,13,18-23H2,2-5H3,(H,41,50)(H3,38,40,45)(H2,39,43,44)/t28-/m1/s1. The summed E-state index contributed by atoms with van der Waals surface area (Å²) in [6.45, 7) is 10.0. The number of guanidine groups is 1. The molecule has 0 spiro atoms. The Labute approximate surface area is 325 Å². The number of imidazole rings is 1. The molecule has 0 unspecified atom stereocenters. The Morgan fingerprint density at radius 1 is 1.09 bits per heavy atom. The Morgan fingerprint density at radius 2 is 1.80 bits per heavy atom. The quantitative estimate of drug-likeness (QED) is 0.0373. The fourth-order valence-corrected chi connectivity index (χ4v) is 6.18. The monoisotopic (exact) mass is 792 g/mol. The lowest BCUT2D eigenvalue weighted by Gasteiger charge is -2.31. The highest BCUT2D eigenvalue weighted by molar-refractivity contribution is 7.90. The van der Waals surface area contributed by atoms with E-state index in [1.807, 2.05) is 37.3 Å². The lowest BCUT2D eigenvalue weighted by atomic mass is 10.1. The van der Waals surface area contributed by atoms with E-state index in [4.69, 9.17) is 25.7 Å². The largest absolute Gasteiger partial charge is 0.471 e. The van der Waals surface area contributed by atoms with Gasteiger partial charge in [-0.1, -0.05) is 60.7 Å². The third-order valence-corrected chi connectivity index (χ3v) is 9.16. The first kappa shape index (κ1) is 42.5. The van der Waals surface area contributed by atoms with Gasteiger partial charge in [-0.2, -0.15) is 9.97 Å². The molecule has 0 saturated carbocycles. The number of benzene rings is 2. The van der Waals surface area contributed by atoms with E-state index in [-0.39, 0.29) is 86.1 Å². The SMILES string of the molecule is C=CCOC(=O)[C@@H](CCCN=C(N)NS(=O)(=O)c1ccc(C)cc1)N(CCNC(=O)OC(C)(C)C)C(=O)Cn1cnc2c(OCc3ccccc3)nc(N)nc21. The van der Waals surface area contributed by atoms with Gasteiger partial charge in [0.1, 0.15) is 31.4 Å². The zero-order valence-corrected chi connectivity index (χ0v) is 32.6. The summed E-state index contributed by atoms with van der Waals surface area (Å²) >= 11 is 0. The Morgan fingerprint density at radius 3 is 2.48 bits per heavy atom. The molecule has 4 aromatic rings. The van der Waals surface area contributed by atoms with Gasteiger partial charge in [0.05, 0.1) is 11.2 Å². The van der Waals surface area contributed by atoms with Gasteiger partial charge in [0.2, 0.25) is 23.7 Å². The summed E-state index contributed by atoms with van der Waals surface area (Å²) in [6, 6.07) is 14.4. The molecule has 0 bridgehead atoms. The van der Waals surface area contributed by atoms with Crippen LogP contribution < -0.4 is 26.2 Å². The van der Waals surface area contributed by atoms with Crippen molar-refractivity contribution in [2.24, 2.45) is 10.7 Å². The molecular weight excluding hydrogens is 745 g/mol. The average molecular weight is 793 g/mol. The Kier molecular flexibility index (Phi) is 14.7. The number of fused-ring (bicyclic) bond motifs is 1. The van der Waals surface area contributed by atoms with E-state index >= 15 is 0 Å². The first-order chi connectivity index (χ1) is 26.6. The summed E-state index contributed by atoms with van der Waals surface area (Å²) in [4.78, 5) is 58.5. The van der Waals surface area contributed by atoms with Crippen LogP contribution in [-0.4, -0.2) is 94.7 Å². The minimum absolute atomic E-state index is 0.0103. The molecule has 56 heavy (non-hydrogen) atoms. The van der Waals surface area contributed by atoms with Crippen molar-refractivity contribution in [2.45, 2.75) is 70.2 Å². The number of aliphatic imine (C=N–C) groups is 1. The summed E-state index contributed by atoms with van der Waals surface area (Å²) in [7, 11) is -3.99. The molecule has 19 heteroatoms. The van der Waals surface area contributed by atoms with Gasteiger partial charge in [0.25, 0.3) is 10.0 Å². The summed E-state index contributed by atoms with van der Waals surface area (Å²) < 4.78 is 45.8. The molecule has 6 N–H and O–H groups in total. The molecule has 0 aliphatic carbocycles. The molecule has 0 radical (unpaired) electrons. The maximum absolute atomic E-state index is 14.2. The second-order valence-corrected chi connectivity index (χ2v) is 15.2. The number of carbonyl (C=O) groups excluding carboxylic acids is 3. The number of esters is 1. The van der Waals surface area contributed by atoms with E-state index < -0.39 is 39.6 Å². The van der Waals surface area contributed by atoms with Crippen molar-refractivity contribution in [3.63, 3.8) is 0 Å². The molecule has 1 atom stereocenters. The normalized spacial score (nSPS) is 12.4. The molecule has 4 rings (SSSR count). The predicted octanol–water partition coefficient (Wildman–Crippen LogP) is 2.82. The highest BCUT2D eigenvalue weighted by Gasteiger charge is 2.32. The van der Waals surface area contributed by atoms with E-state index in [1.165, 1.54) is 34.0 Å². The van der Waals surface area contributed by atoms with Crippen LogP contribution in [0, 0.1) is 6.92 Å². The molecule has 0 aliphatic rings. The number of nitrogens with zero attached hydrogens (tertiary/aromatic N) is 6. The number of nitrogens with two attached hydrogens (primary N) is 2. The van der Waals surface area contributed by atoms with Crippen molar-refractivity contribution in [1.82, 2.24) is 34.5 Å². The molecule has 0 saturated heterocycles. The van der Waals surface area contributed by atoms with Crippen LogP contribution in [0.25, 0.3) is 11.2 Å². The van der Waals surface area contributed by atoms with Crippen LogP contribution in [0.5, 0.6) is 5.88 Å². The number of nitrogens with one attached hydrogen (secondary N) is 2. The smallest absolute Gasteiger partial charge is 0.407 e. The average Bonchev–Trinajstić information content (AvgIpc) is 3.53. The van der Waals surface area contributed by atoms with Crippen molar-refractivity contribution in [1.29, 1.82) is 0 Å². The van der Waals surface area contributed by atoms with E-state index in [1.54, 1.807) is 32.9 Å². The van der Waals surface area contributed by atoms with Crippen LogP contribution in [-0.2, 0) is 42.2 Å². The van der Waals surface area contributed by atoms with Crippen LogP contribution >= 0.6 is 0 Å². The lowest BCUT2D eigenvalue weighted by molar-refractivity contribution is -0.154. The Hall–Kier alpha value is -6.24. The van der Waals surface area contributed by atoms with Gasteiger partial charge in [-0.05, 0) is 58.2 Å². The molecule has 18 nitrogen and oxygen atoms in total. The van der Waals surface area contributed by atoms with Gasteiger partial charge < -0.3 is 40.5 Å². The number of sulfonamides is 1. The second-order valence-electron chi connectivity index (χ2n) is 13.5. The molecule has 0 aliphatic heterocycles. The maximum Gasteiger partial charge on any atom is 0.407 e. The van der Waals surface area contributed by atoms with Crippen LogP contribution in [0.15, 0.2) is 83.5 Å². The summed E-state index contributed by atoms with van der Waals surface area (Å²) in [5.74, 6) is -1.65. The number of amides is 2. The number of aromatic nitrogens is 4. The fourth-order valence-electron chi connectivity index (χ4n) is 5.23. The van der Waals surface area contributed by atoms with Crippen molar-refractivity contribution in [2.75, 3.05) is 32.0 Å². The third-order valence-electron chi connectivity index (χ3n) is 7.79. The van der Waals surface area contributed by atoms with Crippen molar-refractivity contribution < 1.29 is 37.0 Å². The number of carbonyl (C=O) groups is 3. The molecule has 300 valence electrons. The molecular formula is C37H48N10O8S. The number of hydrogen-bond donors (Lipinski definition) is 4. The highest BCUT2D eigenvalue weighted by atomic mass is 32.2. The van der Waals surface area contributed by atoms with Gasteiger partial charge in [0.15, 0.2) is 11.2 Å². The summed E-state index contributed by atoms with van der Waals surface area (Å²) in [6.07, 6.45) is 2.24. The fraction of sp³-hybridized carbons (Fsp3) is 0.378. The second kappa shape index (κ2) is 19.4.